The Kier molecular flexibility index (Phi) is 5.51. The first-order chi connectivity index (χ1) is 10.2. The van der Waals surface area contributed by atoms with Gasteiger partial charge in [0.25, 0.3) is 0 Å². The fourth-order valence-electron chi connectivity index (χ4n) is 2.21. The zero-order chi connectivity index (χ0) is 15.1. The second-order valence-electron chi connectivity index (χ2n) is 5.07. The highest BCUT2D eigenvalue weighted by Gasteiger charge is 2.19. The minimum absolute atomic E-state index is 0.115. The van der Waals surface area contributed by atoms with Crippen LogP contribution >= 0.6 is 0 Å². The molecule has 1 heterocycles. The zero-order valence-corrected chi connectivity index (χ0v) is 12.3. The Hall–Kier alpha value is -2.14. The summed E-state index contributed by atoms with van der Waals surface area (Å²) in [5.74, 6) is 0.635. The lowest BCUT2D eigenvalue weighted by atomic mass is 10.0. The van der Waals surface area contributed by atoms with Crippen molar-refractivity contribution in [3.63, 3.8) is 0 Å². The Morgan fingerprint density at radius 3 is 2.76 bits per heavy atom. The molecule has 4 N–H and O–H groups in total. The van der Waals surface area contributed by atoms with E-state index in [0.29, 0.717) is 6.42 Å². The van der Waals surface area contributed by atoms with Gasteiger partial charge in [-0.3, -0.25) is 4.79 Å². The zero-order valence-electron chi connectivity index (χ0n) is 12.3. The summed E-state index contributed by atoms with van der Waals surface area (Å²) < 4.78 is 0. The van der Waals surface area contributed by atoms with Crippen molar-refractivity contribution >= 4 is 5.91 Å². The molecular weight excluding hydrogens is 264 g/mol. The molecule has 2 unspecified atom stereocenters. The number of nitrogens with one attached hydrogen (secondary N) is 2. The number of aromatic nitrogens is 2. The van der Waals surface area contributed by atoms with Gasteiger partial charge in [-0.25, -0.2) is 4.98 Å². The van der Waals surface area contributed by atoms with Crippen LogP contribution in [0.4, 0.5) is 0 Å². The molecule has 0 aliphatic carbocycles. The first-order valence-corrected chi connectivity index (χ1v) is 7.30. The molecule has 1 amide bonds. The van der Waals surface area contributed by atoms with Gasteiger partial charge in [0.15, 0.2) is 0 Å². The van der Waals surface area contributed by atoms with Crippen molar-refractivity contribution in [1.82, 2.24) is 15.3 Å². The number of benzene rings is 1. The van der Waals surface area contributed by atoms with Crippen LogP contribution in [0.2, 0.25) is 0 Å². The van der Waals surface area contributed by atoms with Crippen LogP contribution in [-0.4, -0.2) is 21.9 Å². The minimum atomic E-state index is -0.505. The first kappa shape index (κ1) is 15.3. The van der Waals surface area contributed by atoms with Crippen molar-refractivity contribution in [2.45, 2.75) is 38.3 Å². The second kappa shape index (κ2) is 7.59. The molecule has 0 fully saturated rings. The number of hydrogen-bond donors (Lipinski definition) is 3. The van der Waals surface area contributed by atoms with Crippen molar-refractivity contribution in [2.75, 3.05) is 0 Å². The van der Waals surface area contributed by atoms with Crippen molar-refractivity contribution in [1.29, 1.82) is 0 Å². The summed E-state index contributed by atoms with van der Waals surface area (Å²) in [6.07, 6.45) is 5.63. The molecule has 0 saturated heterocycles. The smallest absolute Gasteiger partial charge is 0.237 e. The van der Waals surface area contributed by atoms with E-state index in [2.05, 4.69) is 15.3 Å². The Bertz CT molecular complexity index is 539. The Labute approximate surface area is 125 Å². The van der Waals surface area contributed by atoms with Gasteiger partial charge in [-0.2, -0.15) is 0 Å². The normalized spacial score (nSPS) is 13.6. The molecule has 2 atom stereocenters. The third kappa shape index (κ3) is 4.43. The number of carbonyl (C=O) groups is 1. The van der Waals surface area contributed by atoms with Gasteiger partial charge in [0.1, 0.15) is 5.82 Å². The summed E-state index contributed by atoms with van der Waals surface area (Å²) >= 11 is 0. The van der Waals surface area contributed by atoms with Gasteiger partial charge >= 0.3 is 0 Å². The first-order valence-electron chi connectivity index (χ1n) is 7.30. The van der Waals surface area contributed by atoms with Crippen molar-refractivity contribution < 1.29 is 4.79 Å². The summed E-state index contributed by atoms with van der Waals surface area (Å²) in [4.78, 5) is 19.4. The molecule has 0 aliphatic rings. The number of H-pyrrole nitrogens is 1. The highest BCUT2D eigenvalue weighted by molar-refractivity contribution is 5.81. The summed E-state index contributed by atoms with van der Waals surface area (Å²) in [7, 11) is 0. The lowest BCUT2D eigenvalue weighted by Crippen LogP contribution is -2.42. The van der Waals surface area contributed by atoms with Gasteiger partial charge in [0, 0.05) is 12.4 Å². The van der Waals surface area contributed by atoms with E-state index in [4.69, 9.17) is 5.73 Å². The maximum Gasteiger partial charge on any atom is 0.237 e. The molecule has 1 aromatic heterocycles. The van der Waals surface area contributed by atoms with Crippen LogP contribution < -0.4 is 11.1 Å². The topological polar surface area (TPSA) is 83.8 Å². The van der Waals surface area contributed by atoms with Gasteiger partial charge in [-0.15, -0.1) is 0 Å². The third-order valence-electron chi connectivity index (χ3n) is 3.50. The van der Waals surface area contributed by atoms with Gasteiger partial charge in [-0.1, -0.05) is 37.3 Å². The number of rotatable bonds is 7. The summed E-state index contributed by atoms with van der Waals surface area (Å²) in [6.45, 7) is 2.00. The second-order valence-corrected chi connectivity index (χ2v) is 5.07. The average molecular weight is 286 g/mol. The molecule has 2 rings (SSSR count). The van der Waals surface area contributed by atoms with Crippen LogP contribution in [0.1, 0.15) is 37.2 Å². The molecule has 5 heteroatoms. The number of aromatic amines is 1. The molecule has 0 radical (unpaired) electrons. The predicted molar refractivity (Wildman–Crippen MR) is 82.5 cm³/mol. The number of aryl methyl sites for hydroxylation is 1. The highest BCUT2D eigenvalue weighted by Crippen LogP contribution is 2.12. The summed E-state index contributed by atoms with van der Waals surface area (Å²) in [6, 6.07) is 9.43. The van der Waals surface area contributed by atoms with E-state index in [-0.39, 0.29) is 11.9 Å². The van der Waals surface area contributed by atoms with Crippen LogP contribution in [-0.2, 0) is 11.2 Å². The maximum absolute atomic E-state index is 12.2. The fourth-order valence-corrected chi connectivity index (χ4v) is 2.21. The molecule has 21 heavy (non-hydrogen) atoms. The molecular formula is C16H22N4O. The Balaban J connectivity index is 1.84. The average Bonchev–Trinajstić information content (AvgIpc) is 3.05. The van der Waals surface area contributed by atoms with Crippen molar-refractivity contribution in [2.24, 2.45) is 5.73 Å². The molecule has 2 aromatic rings. The van der Waals surface area contributed by atoms with Gasteiger partial charge in [0.2, 0.25) is 5.91 Å². The minimum Gasteiger partial charge on any atom is -0.347 e. The molecule has 1 aromatic carbocycles. The number of nitrogens with two attached hydrogens (primary N) is 1. The number of amides is 1. The van der Waals surface area contributed by atoms with Crippen LogP contribution in [0, 0.1) is 0 Å². The third-order valence-corrected chi connectivity index (χ3v) is 3.50. The molecule has 0 bridgehead atoms. The van der Waals surface area contributed by atoms with E-state index >= 15 is 0 Å². The van der Waals surface area contributed by atoms with Crippen LogP contribution in [0.5, 0.6) is 0 Å². The Morgan fingerprint density at radius 1 is 1.38 bits per heavy atom. The lowest BCUT2D eigenvalue weighted by Gasteiger charge is -2.18. The summed E-state index contributed by atoms with van der Waals surface area (Å²) in [5.41, 5.74) is 7.17. The number of hydrogen-bond acceptors (Lipinski definition) is 3. The highest BCUT2D eigenvalue weighted by atomic mass is 16.2. The van der Waals surface area contributed by atoms with Gasteiger partial charge in [-0.05, 0) is 24.8 Å². The van der Waals surface area contributed by atoms with Crippen molar-refractivity contribution in [3.05, 3.63) is 54.1 Å². The number of carbonyl (C=O) groups excluding carboxylic acids is 1. The van der Waals surface area contributed by atoms with E-state index < -0.39 is 6.04 Å². The van der Waals surface area contributed by atoms with Crippen LogP contribution in [0.3, 0.4) is 0 Å². The van der Waals surface area contributed by atoms with Crippen LogP contribution in [0.25, 0.3) is 0 Å². The lowest BCUT2D eigenvalue weighted by molar-refractivity contribution is -0.123. The molecule has 0 spiro atoms. The SMILES string of the molecule is CCC(NC(=O)C(N)CCc1ccccc1)c1ncc[nH]1. The van der Waals surface area contributed by atoms with Gasteiger partial charge < -0.3 is 16.0 Å². The number of imidazole rings is 1. The molecule has 5 nitrogen and oxygen atoms in total. The van der Waals surface area contributed by atoms with Crippen LogP contribution in [0.15, 0.2) is 42.7 Å². The Morgan fingerprint density at radius 2 is 2.14 bits per heavy atom. The van der Waals surface area contributed by atoms with E-state index in [0.717, 1.165) is 18.7 Å². The predicted octanol–water partition coefficient (Wildman–Crippen LogP) is 1.94. The molecule has 112 valence electrons. The maximum atomic E-state index is 12.2. The largest absolute Gasteiger partial charge is 0.347 e. The van der Waals surface area contributed by atoms with E-state index in [1.165, 1.54) is 5.56 Å². The molecule has 0 saturated carbocycles. The molecule has 0 aliphatic heterocycles. The monoisotopic (exact) mass is 286 g/mol. The fraction of sp³-hybridized carbons (Fsp3) is 0.375. The standard InChI is InChI=1S/C16H22N4O/c1-2-14(15-18-10-11-19-15)20-16(21)13(17)9-8-12-6-4-3-5-7-12/h3-7,10-11,13-14H,2,8-9,17H2,1H3,(H,18,19)(H,20,21). The summed E-state index contributed by atoms with van der Waals surface area (Å²) in [5, 5.41) is 2.95. The van der Waals surface area contributed by atoms with Crippen molar-refractivity contribution in [3.8, 4) is 0 Å². The van der Waals surface area contributed by atoms with E-state index in [9.17, 15) is 4.79 Å². The van der Waals surface area contributed by atoms with Gasteiger partial charge in [0.05, 0.1) is 12.1 Å². The van der Waals surface area contributed by atoms with E-state index in [1.54, 1.807) is 12.4 Å². The number of nitrogens with zero attached hydrogens (tertiary/aromatic N) is 1. The quantitative estimate of drug-likeness (QED) is 0.727. The van der Waals surface area contributed by atoms with E-state index in [1.807, 2.05) is 37.3 Å².